The highest BCUT2D eigenvalue weighted by molar-refractivity contribution is 5.73. The Morgan fingerprint density at radius 1 is 1.73 bits per heavy atom. The second kappa shape index (κ2) is 2.11. The first kappa shape index (κ1) is 6.91. The minimum atomic E-state index is -0.0706. The van der Waals surface area contributed by atoms with E-state index in [1.807, 2.05) is 0 Å². The molecule has 0 radical (unpaired) electrons. The summed E-state index contributed by atoms with van der Waals surface area (Å²) in [6.45, 7) is 2.78. The van der Waals surface area contributed by atoms with Crippen molar-refractivity contribution in [2.75, 3.05) is 26.7 Å². The van der Waals surface area contributed by atoms with Crippen LogP contribution in [0.3, 0.4) is 0 Å². The molecule has 62 valence electrons. The molecular weight excluding hydrogens is 142 g/mol. The zero-order valence-corrected chi connectivity index (χ0v) is 6.71. The third kappa shape index (κ3) is 1.07. The van der Waals surface area contributed by atoms with E-state index in [9.17, 15) is 0 Å². The van der Waals surface area contributed by atoms with Crippen molar-refractivity contribution in [2.45, 2.75) is 12.0 Å². The average molecular weight is 155 g/mol. The van der Waals surface area contributed by atoms with Gasteiger partial charge in [-0.25, -0.2) is 4.99 Å². The molecule has 1 spiro atoms. The highest BCUT2D eigenvalue weighted by Crippen LogP contribution is 2.27. The van der Waals surface area contributed by atoms with E-state index in [2.05, 4.69) is 16.9 Å². The van der Waals surface area contributed by atoms with Crippen LogP contribution in [0, 0.1) is 0 Å². The van der Waals surface area contributed by atoms with Crippen molar-refractivity contribution in [3.63, 3.8) is 0 Å². The lowest BCUT2D eigenvalue weighted by molar-refractivity contribution is 0.0968. The van der Waals surface area contributed by atoms with Crippen LogP contribution in [0.2, 0.25) is 0 Å². The maximum absolute atomic E-state index is 5.47. The van der Waals surface area contributed by atoms with E-state index >= 15 is 0 Å². The number of nitrogens with zero attached hydrogens (tertiary/aromatic N) is 2. The Kier molecular flexibility index (Phi) is 1.32. The van der Waals surface area contributed by atoms with Crippen molar-refractivity contribution >= 4 is 6.02 Å². The minimum Gasteiger partial charge on any atom is -0.455 e. The van der Waals surface area contributed by atoms with Gasteiger partial charge in [0, 0.05) is 19.5 Å². The topological polar surface area (TPSA) is 50.8 Å². The van der Waals surface area contributed by atoms with Gasteiger partial charge >= 0.3 is 0 Å². The molecule has 1 saturated heterocycles. The van der Waals surface area contributed by atoms with Gasteiger partial charge in [0.1, 0.15) is 5.60 Å². The van der Waals surface area contributed by atoms with E-state index in [1.165, 1.54) is 0 Å². The molecule has 2 aliphatic heterocycles. The number of nitrogens with two attached hydrogens (primary N) is 1. The van der Waals surface area contributed by atoms with Gasteiger partial charge in [-0.2, -0.15) is 0 Å². The summed E-state index contributed by atoms with van der Waals surface area (Å²) in [4.78, 5) is 6.30. The van der Waals surface area contributed by atoms with Gasteiger partial charge in [0.15, 0.2) is 0 Å². The Labute approximate surface area is 66.0 Å². The van der Waals surface area contributed by atoms with Crippen LogP contribution in [-0.4, -0.2) is 43.2 Å². The Morgan fingerprint density at radius 3 is 3.00 bits per heavy atom. The van der Waals surface area contributed by atoms with Crippen LogP contribution in [0.25, 0.3) is 0 Å². The molecule has 1 atom stereocenters. The summed E-state index contributed by atoms with van der Waals surface area (Å²) in [5.41, 5.74) is 5.37. The molecule has 2 aliphatic rings. The van der Waals surface area contributed by atoms with Gasteiger partial charge in [0.05, 0.1) is 6.54 Å². The third-order valence-corrected chi connectivity index (χ3v) is 2.35. The van der Waals surface area contributed by atoms with Gasteiger partial charge in [-0.05, 0) is 7.05 Å². The lowest BCUT2D eigenvalue weighted by Gasteiger charge is -2.21. The number of rotatable bonds is 0. The minimum absolute atomic E-state index is 0.0706. The summed E-state index contributed by atoms with van der Waals surface area (Å²) in [6.07, 6.45) is 1.05. The van der Waals surface area contributed by atoms with Crippen molar-refractivity contribution < 1.29 is 4.74 Å². The first-order valence-electron chi connectivity index (χ1n) is 3.88. The number of hydrogen-bond acceptors (Lipinski definition) is 4. The Morgan fingerprint density at radius 2 is 2.55 bits per heavy atom. The first-order valence-corrected chi connectivity index (χ1v) is 3.88. The van der Waals surface area contributed by atoms with Crippen LogP contribution in [0.1, 0.15) is 6.42 Å². The molecule has 1 fully saturated rings. The maximum atomic E-state index is 5.47. The second-order valence-electron chi connectivity index (χ2n) is 3.43. The van der Waals surface area contributed by atoms with Crippen molar-refractivity contribution in [1.82, 2.24) is 4.90 Å². The number of likely N-dealkylation sites (N-methyl/N-ethyl adjacent to an activating group) is 1. The van der Waals surface area contributed by atoms with Crippen LogP contribution in [-0.2, 0) is 4.74 Å². The van der Waals surface area contributed by atoms with Gasteiger partial charge in [0.25, 0.3) is 6.02 Å². The number of aliphatic imine (C=N–C) groups is 1. The molecule has 2 rings (SSSR count). The largest absolute Gasteiger partial charge is 0.455 e. The fourth-order valence-corrected chi connectivity index (χ4v) is 1.77. The second-order valence-corrected chi connectivity index (χ2v) is 3.43. The number of likely N-dealkylation sites (tertiary alicyclic amines) is 1. The van der Waals surface area contributed by atoms with Crippen LogP contribution >= 0.6 is 0 Å². The average Bonchev–Trinajstić information content (AvgIpc) is 2.44. The van der Waals surface area contributed by atoms with Crippen molar-refractivity contribution in [3.05, 3.63) is 0 Å². The van der Waals surface area contributed by atoms with E-state index < -0.39 is 0 Å². The number of amidine groups is 1. The van der Waals surface area contributed by atoms with Crippen molar-refractivity contribution in [1.29, 1.82) is 0 Å². The van der Waals surface area contributed by atoms with Gasteiger partial charge in [0.2, 0.25) is 0 Å². The SMILES string of the molecule is CN1CCC2(CN=C(N)O2)C1. The van der Waals surface area contributed by atoms with Crippen LogP contribution in [0.5, 0.6) is 0 Å². The van der Waals surface area contributed by atoms with Crippen LogP contribution < -0.4 is 5.73 Å². The fourth-order valence-electron chi connectivity index (χ4n) is 1.77. The first-order chi connectivity index (χ1) is 5.20. The standard InChI is InChI=1S/C7H13N3O/c1-10-3-2-7(5-10)4-9-6(8)11-7/h2-5H2,1H3,(H2,8,9). The Hall–Kier alpha value is -0.770. The molecule has 1 unspecified atom stereocenters. The van der Waals surface area contributed by atoms with Crippen LogP contribution in [0.15, 0.2) is 4.99 Å². The van der Waals surface area contributed by atoms with E-state index in [0.29, 0.717) is 6.02 Å². The summed E-state index contributed by atoms with van der Waals surface area (Å²) >= 11 is 0. The molecule has 4 nitrogen and oxygen atoms in total. The lowest BCUT2D eigenvalue weighted by atomic mass is 10.0. The van der Waals surface area contributed by atoms with Gasteiger partial charge < -0.3 is 15.4 Å². The van der Waals surface area contributed by atoms with E-state index in [1.54, 1.807) is 0 Å². The molecule has 0 amide bonds. The molecular formula is C7H13N3O. The van der Waals surface area contributed by atoms with E-state index in [4.69, 9.17) is 10.5 Å². The highest BCUT2D eigenvalue weighted by Gasteiger charge is 2.42. The predicted octanol–water partition coefficient (Wildman–Crippen LogP) is -0.594. The summed E-state index contributed by atoms with van der Waals surface area (Å²) in [7, 11) is 2.09. The third-order valence-electron chi connectivity index (χ3n) is 2.35. The summed E-state index contributed by atoms with van der Waals surface area (Å²) in [5, 5.41) is 0. The molecule has 0 aliphatic carbocycles. The van der Waals surface area contributed by atoms with Crippen LogP contribution in [0.4, 0.5) is 0 Å². The normalized spacial score (nSPS) is 37.7. The predicted molar refractivity (Wildman–Crippen MR) is 42.4 cm³/mol. The highest BCUT2D eigenvalue weighted by atomic mass is 16.5. The molecule has 2 N–H and O–H groups in total. The fraction of sp³-hybridized carbons (Fsp3) is 0.857. The molecule has 2 heterocycles. The number of ether oxygens (including phenoxy) is 1. The van der Waals surface area contributed by atoms with Gasteiger partial charge in [-0.15, -0.1) is 0 Å². The summed E-state index contributed by atoms with van der Waals surface area (Å²) < 4.78 is 5.47. The molecule has 4 heteroatoms. The van der Waals surface area contributed by atoms with E-state index in [0.717, 1.165) is 26.1 Å². The summed E-state index contributed by atoms with van der Waals surface area (Å²) in [5.74, 6) is 0. The maximum Gasteiger partial charge on any atom is 0.282 e. The summed E-state index contributed by atoms with van der Waals surface area (Å²) in [6, 6.07) is 0.361. The van der Waals surface area contributed by atoms with Crippen molar-refractivity contribution in [3.8, 4) is 0 Å². The molecule has 0 aromatic heterocycles. The van der Waals surface area contributed by atoms with Gasteiger partial charge in [-0.1, -0.05) is 0 Å². The molecule has 0 aromatic carbocycles. The zero-order chi connectivity index (χ0) is 7.90. The van der Waals surface area contributed by atoms with Gasteiger partial charge in [-0.3, -0.25) is 0 Å². The smallest absolute Gasteiger partial charge is 0.282 e. The number of hydrogen-bond donors (Lipinski definition) is 1. The molecule has 0 bridgehead atoms. The van der Waals surface area contributed by atoms with E-state index in [-0.39, 0.29) is 5.60 Å². The Bertz CT molecular complexity index is 204. The molecule has 0 saturated carbocycles. The monoisotopic (exact) mass is 155 g/mol. The lowest BCUT2D eigenvalue weighted by Crippen LogP contribution is -2.37. The Balaban J connectivity index is 2.05. The zero-order valence-electron chi connectivity index (χ0n) is 6.71. The molecule has 11 heavy (non-hydrogen) atoms. The quantitative estimate of drug-likeness (QED) is 0.508. The molecule has 0 aromatic rings. The van der Waals surface area contributed by atoms with Crippen molar-refractivity contribution in [2.24, 2.45) is 10.7 Å².